The molecule has 3 heterocycles. The van der Waals surface area contributed by atoms with E-state index in [0.717, 1.165) is 21.8 Å². The SMILES string of the molecule is C[C@@H]1Cc2cc(/C(O)=C3\C(=O)C(=O)N(c4nc5ccc(Cl)cc5s4)[C@H]3c3ccccc3F)ccc2O1. The number of carbonyl (C=O) groups excluding carboxylic acids is 2. The molecule has 0 spiro atoms. The second-order valence-electron chi connectivity index (χ2n) is 8.75. The summed E-state index contributed by atoms with van der Waals surface area (Å²) in [5.74, 6) is -2.09. The lowest BCUT2D eigenvalue weighted by atomic mass is 9.94. The van der Waals surface area contributed by atoms with Gasteiger partial charge >= 0.3 is 5.91 Å². The second kappa shape index (κ2) is 8.43. The molecule has 36 heavy (non-hydrogen) atoms. The summed E-state index contributed by atoms with van der Waals surface area (Å²) in [6.45, 7) is 1.94. The van der Waals surface area contributed by atoms with Crippen LogP contribution in [0.25, 0.3) is 16.0 Å². The maximum atomic E-state index is 15.1. The molecule has 1 aromatic heterocycles. The minimum atomic E-state index is -1.20. The van der Waals surface area contributed by atoms with E-state index in [4.69, 9.17) is 16.3 Å². The molecule has 2 atom stereocenters. The van der Waals surface area contributed by atoms with Crippen molar-refractivity contribution in [3.63, 3.8) is 0 Å². The number of hydrogen-bond acceptors (Lipinski definition) is 6. The van der Waals surface area contributed by atoms with Gasteiger partial charge in [0.1, 0.15) is 29.5 Å². The molecule has 0 saturated carbocycles. The fourth-order valence-electron chi connectivity index (χ4n) is 4.74. The number of ether oxygens (including phenoxy) is 1. The number of rotatable bonds is 3. The number of nitrogens with zero attached hydrogens (tertiary/aromatic N) is 2. The minimum Gasteiger partial charge on any atom is -0.507 e. The first kappa shape index (κ1) is 22.7. The molecule has 1 N–H and O–H groups in total. The molecule has 1 amide bonds. The van der Waals surface area contributed by atoms with Crippen LogP contribution >= 0.6 is 22.9 Å². The summed E-state index contributed by atoms with van der Waals surface area (Å²) in [4.78, 5) is 32.4. The van der Waals surface area contributed by atoms with E-state index in [-0.39, 0.29) is 28.1 Å². The summed E-state index contributed by atoms with van der Waals surface area (Å²) in [6, 6.07) is 14.9. The fourth-order valence-corrected chi connectivity index (χ4v) is 6.00. The summed E-state index contributed by atoms with van der Waals surface area (Å²) < 4.78 is 21.5. The number of Topliss-reactive ketones (excluding diaryl/α,β-unsaturated/α-hetero) is 1. The highest BCUT2D eigenvalue weighted by Gasteiger charge is 2.49. The number of ketones is 1. The molecule has 6 nitrogen and oxygen atoms in total. The van der Waals surface area contributed by atoms with Crippen molar-refractivity contribution in [2.75, 3.05) is 4.90 Å². The van der Waals surface area contributed by atoms with Crippen LogP contribution in [0.2, 0.25) is 5.02 Å². The number of benzene rings is 3. The summed E-state index contributed by atoms with van der Waals surface area (Å²) >= 11 is 7.27. The van der Waals surface area contributed by atoms with E-state index >= 15 is 4.39 Å². The average Bonchev–Trinajstić information content (AvgIpc) is 3.51. The number of halogens is 2. The molecule has 0 bridgehead atoms. The maximum absolute atomic E-state index is 15.1. The van der Waals surface area contributed by atoms with Gasteiger partial charge in [0.05, 0.1) is 15.8 Å². The Morgan fingerprint density at radius 2 is 1.97 bits per heavy atom. The van der Waals surface area contributed by atoms with Crippen molar-refractivity contribution < 1.29 is 23.8 Å². The van der Waals surface area contributed by atoms with E-state index in [1.165, 1.54) is 18.2 Å². The Morgan fingerprint density at radius 3 is 2.78 bits per heavy atom. The third-order valence-electron chi connectivity index (χ3n) is 6.36. The van der Waals surface area contributed by atoms with Crippen molar-refractivity contribution in [2.45, 2.75) is 25.5 Å². The van der Waals surface area contributed by atoms with Crippen LogP contribution in [0.4, 0.5) is 9.52 Å². The molecular weight excluding hydrogens is 503 g/mol. The number of anilines is 1. The van der Waals surface area contributed by atoms with Gasteiger partial charge in [-0.15, -0.1) is 0 Å². The Morgan fingerprint density at radius 1 is 1.17 bits per heavy atom. The van der Waals surface area contributed by atoms with E-state index in [1.54, 1.807) is 42.5 Å². The standard InChI is InChI=1S/C27H18ClFN2O4S/c1-13-10-15-11-14(6-9-20(15)35-13)24(32)22-23(17-4-2-3-5-18(17)29)31(26(34)25(22)33)27-30-19-8-7-16(28)12-21(19)36-27/h2-9,11-13,23,32H,10H2,1H3/b24-22+/t13-,23+/m1/s1. The van der Waals surface area contributed by atoms with E-state index in [2.05, 4.69) is 4.98 Å². The lowest BCUT2D eigenvalue weighted by Gasteiger charge is -2.23. The number of thiazole rings is 1. The summed E-state index contributed by atoms with van der Waals surface area (Å²) in [5.41, 5.74) is 1.69. The van der Waals surface area contributed by atoms with Crippen LogP contribution in [0, 0.1) is 5.82 Å². The first-order valence-corrected chi connectivity index (χ1v) is 12.4. The zero-order chi connectivity index (χ0) is 25.1. The number of aromatic nitrogens is 1. The predicted molar refractivity (Wildman–Crippen MR) is 136 cm³/mol. The molecule has 1 saturated heterocycles. The molecule has 2 aliphatic heterocycles. The summed E-state index contributed by atoms with van der Waals surface area (Å²) in [6.07, 6.45) is 0.643. The lowest BCUT2D eigenvalue weighted by molar-refractivity contribution is -0.132. The van der Waals surface area contributed by atoms with Crippen molar-refractivity contribution in [1.82, 2.24) is 4.98 Å². The quantitative estimate of drug-likeness (QED) is 0.202. The van der Waals surface area contributed by atoms with Crippen molar-refractivity contribution in [3.8, 4) is 5.75 Å². The van der Waals surface area contributed by atoms with Gasteiger partial charge in [0.2, 0.25) is 0 Å². The number of fused-ring (bicyclic) bond motifs is 2. The molecule has 4 aromatic rings. The summed E-state index contributed by atoms with van der Waals surface area (Å²) in [7, 11) is 0. The monoisotopic (exact) mass is 520 g/mol. The van der Waals surface area contributed by atoms with Gasteiger partial charge in [-0.05, 0) is 55.0 Å². The van der Waals surface area contributed by atoms with Gasteiger partial charge in [0.15, 0.2) is 5.13 Å². The highest BCUT2D eigenvalue weighted by molar-refractivity contribution is 7.22. The largest absolute Gasteiger partial charge is 0.507 e. The van der Waals surface area contributed by atoms with Gasteiger partial charge in [0, 0.05) is 22.6 Å². The van der Waals surface area contributed by atoms with Crippen LogP contribution in [0.1, 0.15) is 29.7 Å². The van der Waals surface area contributed by atoms with Gasteiger partial charge < -0.3 is 9.84 Å². The predicted octanol–water partition coefficient (Wildman–Crippen LogP) is 6.04. The summed E-state index contributed by atoms with van der Waals surface area (Å²) in [5, 5.41) is 12.1. The van der Waals surface area contributed by atoms with Crippen molar-refractivity contribution in [1.29, 1.82) is 0 Å². The Balaban J connectivity index is 1.55. The average molecular weight is 521 g/mol. The Hall–Kier alpha value is -3.75. The lowest BCUT2D eigenvalue weighted by Crippen LogP contribution is -2.29. The first-order chi connectivity index (χ1) is 17.3. The molecule has 180 valence electrons. The normalized spacial score (nSPS) is 20.7. The molecule has 0 aliphatic carbocycles. The molecule has 0 unspecified atom stereocenters. The number of amides is 1. The maximum Gasteiger partial charge on any atom is 0.301 e. The zero-order valence-electron chi connectivity index (χ0n) is 18.9. The molecule has 1 fully saturated rings. The van der Waals surface area contributed by atoms with Crippen LogP contribution in [0.5, 0.6) is 5.75 Å². The van der Waals surface area contributed by atoms with Crippen LogP contribution in [-0.2, 0) is 16.0 Å². The van der Waals surface area contributed by atoms with Crippen LogP contribution < -0.4 is 9.64 Å². The van der Waals surface area contributed by atoms with Gasteiger partial charge in [-0.25, -0.2) is 9.37 Å². The smallest absolute Gasteiger partial charge is 0.301 e. The number of hydrogen-bond donors (Lipinski definition) is 1. The van der Waals surface area contributed by atoms with Gasteiger partial charge in [0.25, 0.3) is 5.78 Å². The van der Waals surface area contributed by atoms with Gasteiger partial charge in [-0.1, -0.05) is 41.1 Å². The highest BCUT2D eigenvalue weighted by Crippen LogP contribution is 2.45. The second-order valence-corrected chi connectivity index (χ2v) is 10.2. The number of aliphatic hydroxyl groups is 1. The third kappa shape index (κ3) is 3.56. The van der Waals surface area contributed by atoms with Crippen molar-refractivity contribution in [3.05, 3.63) is 93.8 Å². The van der Waals surface area contributed by atoms with E-state index < -0.39 is 23.5 Å². The Labute approximate surface area is 214 Å². The molecule has 9 heteroatoms. The van der Waals surface area contributed by atoms with E-state index in [1.807, 2.05) is 6.92 Å². The van der Waals surface area contributed by atoms with Crippen LogP contribution in [0.15, 0.2) is 66.2 Å². The molecule has 0 radical (unpaired) electrons. The molecule has 3 aromatic carbocycles. The highest BCUT2D eigenvalue weighted by atomic mass is 35.5. The van der Waals surface area contributed by atoms with E-state index in [0.29, 0.717) is 33.0 Å². The van der Waals surface area contributed by atoms with Gasteiger partial charge in [-0.2, -0.15) is 0 Å². The third-order valence-corrected chi connectivity index (χ3v) is 7.61. The molecule has 2 aliphatic rings. The molecule has 6 rings (SSSR count). The van der Waals surface area contributed by atoms with Gasteiger partial charge in [-0.3, -0.25) is 14.5 Å². The van der Waals surface area contributed by atoms with Crippen molar-refractivity contribution in [2.24, 2.45) is 0 Å². The topological polar surface area (TPSA) is 79.7 Å². The minimum absolute atomic E-state index is 0.00562. The Kier molecular flexibility index (Phi) is 5.31. The van der Waals surface area contributed by atoms with E-state index in [9.17, 15) is 14.7 Å². The number of carbonyl (C=O) groups is 2. The molecular formula is C27H18ClFN2O4S. The Bertz CT molecular complexity index is 1610. The first-order valence-electron chi connectivity index (χ1n) is 11.2. The van der Waals surface area contributed by atoms with Crippen molar-refractivity contribution >= 4 is 55.7 Å². The zero-order valence-corrected chi connectivity index (χ0v) is 20.4. The number of aliphatic hydroxyl groups excluding tert-OH is 1. The fraction of sp³-hybridized carbons (Fsp3) is 0.148. The van der Waals surface area contributed by atoms with Crippen LogP contribution in [-0.4, -0.2) is 27.9 Å². The van der Waals surface area contributed by atoms with Crippen LogP contribution in [0.3, 0.4) is 0 Å².